The van der Waals surface area contributed by atoms with Crippen LogP contribution in [0.1, 0.15) is 55.4 Å². The number of nitro benzene ring substituents is 1. The number of benzene rings is 2. The van der Waals surface area contributed by atoms with Crippen LogP contribution in [0.4, 0.5) is 11.4 Å². The Bertz CT molecular complexity index is 1000. The van der Waals surface area contributed by atoms with Crippen LogP contribution in [0.2, 0.25) is 0 Å². The Morgan fingerprint density at radius 3 is 2.48 bits per heavy atom. The van der Waals surface area contributed by atoms with Crippen molar-refractivity contribution in [3.05, 3.63) is 69.8 Å². The molecule has 0 spiro atoms. The van der Waals surface area contributed by atoms with Crippen molar-refractivity contribution in [1.82, 2.24) is 4.90 Å². The van der Waals surface area contributed by atoms with Gasteiger partial charge in [-0.15, -0.1) is 0 Å². The maximum atomic E-state index is 13.6. The molecule has 4 rings (SSSR count). The van der Waals surface area contributed by atoms with Crippen molar-refractivity contribution >= 4 is 34.2 Å². The van der Waals surface area contributed by atoms with E-state index in [0.29, 0.717) is 16.8 Å². The molecular weight excluding hydrogens is 410 g/mol. The third kappa shape index (κ3) is 4.51. The molecule has 1 heterocycles. The van der Waals surface area contributed by atoms with E-state index in [1.54, 1.807) is 6.07 Å². The first-order valence-electron chi connectivity index (χ1n) is 10.8. The highest BCUT2D eigenvalue weighted by Gasteiger charge is 2.43. The number of amidine groups is 1. The molecule has 2 atom stereocenters. The number of aliphatic imine (C=N–C) groups is 1. The van der Waals surface area contributed by atoms with Crippen LogP contribution in [0.15, 0.2) is 53.5 Å². The second-order valence-corrected chi connectivity index (χ2v) is 9.45. The number of hydrogen-bond donors (Lipinski definition) is 0. The van der Waals surface area contributed by atoms with Crippen LogP contribution >= 0.6 is 11.8 Å². The lowest BCUT2D eigenvalue weighted by Crippen LogP contribution is -2.43. The SMILES string of the molecule is Cc1cc([N+](=O)[O-])ccc1/N=C1\SC(c2ccccc2)C(=O)N1[C@H](C)C1CCCCC1. The third-order valence-corrected chi connectivity index (χ3v) is 7.55. The van der Waals surface area contributed by atoms with E-state index in [1.807, 2.05) is 42.2 Å². The van der Waals surface area contributed by atoms with Gasteiger partial charge in [0.05, 0.1) is 10.6 Å². The monoisotopic (exact) mass is 437 g/mol. The van der Waals surface area contributed by atoms with Crippen molar-refractivity contribution in [1.29, 1.82) is 0 Å². The summed E-state index contributed by atoms with van der Waals surface area (Å²) in [5, 5.41) is 11.5. The van der Waals surface area contributed by atoms with E-state index in [9.17, 15) is 14.9 Å². The smallest absolute Gasteiger partial charge is 0.269 e. The Kier molecular flexibility index (Phi) is 6.41. The van der Waals surface area contributed by atoms with Crippen molar-refractivity contribution in [2.75, 3.05) is 0 Å². The number of thioether (sulfide) groups is 1. The number of carbonyl (C=O) groups is 1. The second-order valence-electron chi connectivity index (χ2n) is 8.38. The molecule has 1 aliphatic carbocycles. The fourth-order valence-corrected chi connectivity index (χ4v) is 5.78. The number of hydrogen-bond acceptors (Lipinski definition) is 5. The molecule has 0 aromatic heterocycles. The summed E-state index contributed by atoms with van der Waals surface area (Å²) in [5.41, 5.74) is 2.41. The topological polar surface area (TPSA) is 75.8 Å². The number of nitro groups is 1. The van der Waals surface area contributed by atoms with Crippen LogP contribution in [-0.2, 0) is 4.79 Å². The van der Waals surface area contributed by atoms with E-state index < -0.39 is 4.92 Å². The molecule has 31 heavy (non-hydrogen) atoms. The summed E-state index contributed by atoms with van der Waals surface area (Å²) in [6.45, 7) is 3.96. The molecule has 1 unspecified atom stereocenters. The molecule has 6 nitrogen and oxygen atoms in total. The van der Waals surface area contributed by atoms with Crippen LogP contribution in [0.5, 0.6) is 0 Å². The Labute approximate surface area is 186 Å². The van der Waals surface area contributed by atoms with E-state index in [0.717, 1.165) is 24.0 Å². The molecule has 0 N–H and O–H groups in total. The summed E-state index contributed by atoms with van der Waals surface area (Å²) in [4.78, 5) is 31.0. The van der Waals surface area contributed by atoms with Crippen LogP contribution in [0, 0.1) is 23.0 Å². The van der Waals surface area contributed by atoms with Gasteiger partial charge in [-0.05, 0) is 49.8 Å². The number of carbonyl (C=O) groups excluding carboxylic acids is 1. The minimum absolute atomic E-state index is 0.0474. The predicted molar refractivity (Wildman–Crippen MR) is 125 cm³/mol. The molecule has 0 radical (unpaired) electrons. The Hall–Kier alpha value is -2.67. The first-order valence-corrected chi connectivity index (χ1v) is 11.7. The second kappa shape index (κ2) is 9.22. The van der Waals surface area contributed by atoms with Gasteiger partial charge in [0.15, 0.2) is 5.17 Å². The fraction of sp³-hybridized carbons (Fsp3) is 0.417. The molecule has 2 fully saturated rings. The van der Waals surface area contributed by atoms with Crippen LogP contribution in [-0.4, -0.2) is 26.9 Å². The van der Waals surface area contributed by atoms with E-state index in [4.69, 9.17) is 4.99 Å². The first kappa shape index (κ1) is 21.6. The highest BCUT2D eigenvalue weighted by molar-refractivity contribution is 8.15. The number of amides is 1. The Morgan fingerprint density at radius 1 is 1.13 bits per heavy atom. The first-order chi connectivity index (χ1) is 15.0. The molecule has 1 aliphatic heterocycles. The molecule has 2 aromatic rings. The Balaban J connectivity index is 1.71. The third-order valence-electron chi connectivity index (χ3n) is 6.34. The molecule has 7 heteroatoms. The van der Waals surface area contributed by atoms with Crippen LogP contribution < -0.4 is 0 Å². The lowest BCUT2D eigenvalue weighted by Gasteiger charge is -2.34. The molecule has 1 saturated carbocycles. The zero-order valence-corrected chi connectivity index (χ0v) is 18.7. The maximum absolute atomic E-state index is 13.6. The molecular formula is C24H27N3O3S. The van der Waals surface area contributed by atoms with E-state index in [1.165, 1.54) is 43.2 Å². The van der Waals surface area contributed by atoms with Gasteiger partial charge < -0.3 is 0 Å². The van der Waals surface area contributed by atoms with Crippen molar-refractivity contribution in [2.45, 2.75) is 57.2 Å². The highest BCUT2D eigenvalue weighted by Crippen LogP contribution is 2.44. The molecule has 162 valence electrons. The number of aryl methyl sites for hydroxylation is 1. The van der Waals surface area contributed by atoms with Crippen LogP contribution in [0.3, 0.4) is 0 Å². The van der Waals surface area contributed by atoms with Gasteiger partial charge in [0.1, 0.15) is 5.25 Å². The van der Waals surface area contributed by atoms with Gasteiger partial charge in [-0.1, -0.05) is 61.4 Å². The molecule has 2 aromatic carbocycles. The summed E-state index contributed by atoms with van der Waals surface area (Å²) in [6, 6.07) is 14.6. The predicted octanol–water partition coefficient (Wildman–Crippen LogP) is 6.18. The Morgan fingerprint density at radius 2 is 1.84 bits per heavy atom. The summed E-state index contributed by atoms with van der Waals surface area (Å²) in [7, 11) is 0. The zero-order chi connectivity index (χ0) is 22.0. The summed E-state index contributed by atoms with van der Waals surface area (Å²) in [5.74, 6) is 0.545. The van der Waals surface area contributed by atoms with Gasteiger partial charge in [-0.3, -0.25) is 19.8 Å². The van der Waals surface area contributed by atoms with Crippen LogP contribution in [0.25, 0.3) is 0 Å². The fourth-order valence-electron chi connectivity index (χ4n) is 4.54. The van der Waals surface area contributed by atoms with Gasteiger partial charge >= 0.3 is 0 Å². The highest BCUT2D eigenvalue weighted by atomic mass is 32.2. The summed E-state index contributed by atoms with van der Waals surface area (Å²) in [6.07, 6.45) is 5.95. The zero-order valence-electron chi connectivity index (χ0n) is 17.9. The largest absolute Gasteiger partial charge is 0.287 e. The number of rotatable bonds is 5. The van der Waals surface area contributed by atoms with Gasteiger partial charge in [-0.2, -0.15) is 0 Å². The number of nitrogens with zero attached hydrogens (tertiary/aromatic N) is 3. The summed E-state index contributed by atoms with van der Waals surface area (Å²) < 4.78 is 0. The van der Waals surface area contributed by atoms with Crippen molar-refractivity contribution in [2.24, 2.45) is 10.9 Å². The van der Waals surface area contributed by atoms with Gasteiger partial charge in [0, 0.05) is 18.2 Å². The average Bonchev–Trinajstić information content (AvgIpc) is 3.11. The van der Waals surface area contributed by atoms with Gasteiger partial charge in [-0.25, -0.2) is 4.99 Å². The maximum Gasteiger partial charge on any atom is 0.269 e. The van der Waals surface area contributed by atoms with Crippen molar-refractivity contribution < 1.29 is 9.72 Å². The quantitative estimate of drug-likeness (QED) is 0.414. The standard InChI is InChI=1S/C24H27N3O3S/c1-16-15-20(27(29)30)13-14-21(16)25-24-26(17(2)18-9-5-3-6-10-18)23(28)22(31-24)19-11-7-4-8-12-19/h4,7-8,11-15,17-18,22H,3,5-6,9-10H2,1-2H3/b25-24-/t17-,22?/m1/s1. The molecule has 1 amide bonds. The lowest BCUT2D eigenvalue weighted by molar-refractivity contribution is -0.384. The number of non-ortho nitro benzene ring substituents is 1. The molecule has 1 saturated heterocycles. The van der Waals surface area contributed by atoms with Crippen molar-refractivity contribution in [3.63, 3.8) is 0 Å². The average molecular weight is 438 g/mol. The van der Waals surface area contributed by atoms with E-state index >= 15 is 0 Å². The minimum Gasteiger partial charge on any atom is -0.287 e. The van der Waals surface area contributed by atoms with E-state index in [-0.39, 0.29) is 22.9 Å². The summed E-state index contributed by atoms with van der Waals surface area (Å²) >= 11 is 1.48. The van der Waals surface area contributed by atoms with Gasteiger partial charge in [0.25, 0.3) is 5.69 Å². The molecule has 2 aliphatic rings. The normalized spacial score (nSPS) is 22.1. The van der Waals surface area contributed by atoms with Gasteiger partial charge in [0.2, 0.25) is 5.91 Å². The molecule has 0 bridgehead atoms. The lowest BCUT2D eigenvalue weighted by atomic mass is 9.84. The van der Waals surface area contributed by atoms with Crippen molar-refractivity contribution in [3.8, 4) is 0 Å². The van der Waals surface area contributed by atoms with E-state index in [2.05, 4.69) is 6.92 Å². The minimum atomic E-state index is -0.402.